The Morgan fingerprint density at radius 2 is 2.05 bits per heavy atom. The van der Waals surface area contributed by atoms with Crippen LogP contribution in [-0.2, 0) is 0 Å². The summed E-state index contributed by atoms with van der Waals surface area (Å²) in [5.41, 5.74) is 0.734. The number of anilines is 1. The van der Waals surface area contributed by atoms with Gasteiger partial charge in [0.25, 0.3) is 5.69 Å². The summed E-state index contributed by atoms with van der Waals surface area (Å²) in [6, 6.07) is 4.76. The van der Waals surface area contributed by atoms with Gasteiger partial charge in [0.1, 0.15) is 5.75 Å². The maximum Gasteiger partial charge on any atom is 0.275 e. The molecule has 1 unspecified atom stereocenters. The summed E-state index contributed by atoms with van der Waals surface area (Å²) in [7, 11) is 1.73. The number of non-ortho nitro benzene ring substituents is 1. The first-order chi connectivity index (χ1) is 9.56. The van der Waals surface area contributed by atoms with Gasteiger partial charge >= 0.3 is 0 Å². The number of unbranched alkanes of at least 4 members (excludes halogenated alkanes) is 3. The number of nitro benzene ring substituents is 1. The first-order valence-corrected chi connectivity index (χ1v) is 7.20. The van der Waals surface area contributed by atoms with Gasteiger partial charge < -0.3 is 10.1 Å². The number of ether oxygens (including phenoxy) is 1. The highest BCUT2D eigenvalue weighted by Gasteiger charge is 2.12. The van der Waals surface area contributed by atoms with Crippen LogP contribution in [0.4, 0.5) is 11.4 Å². The minimum Gasteiger partial charge on any atom is -0.490 e. The van der Waals surface area contributed by atoms with Crippen molar-refractivity contribution in [1.29, 1.82) is 0 Å². The lowest BCUT2D eigenvalue weighted by molar-refractivity contribution is -0.384. The molecule has 0 saturated carbocycles. The fourth-order valence-corrected chi connectivity index (χ4v) is 2.05. The predicted molar refractivity (Wildman–Crippen MR) is 81.5 cm³/mol. The molecule has 0 radical (unpaired) electrons. The molecule has 0 saturated heterocycles. The van der Waals surface area contributed by atoms with Crippen LogP contribution in [0.2, 0.25) is 0 Å². The van der Waals surface area contributed by atoms with E-state index in [9.17, 15) is 10.1 Å². The second-order valence-electron chi connectivity index (χ2n) is 5.00. The van der Waals surface area contributed by atoms with E-state index in [4.69, 9.17) is 4.74 Å². The Bertz CT molecular complexity index is 435. The van der Waals surface area contributed by atoms with Gasteiger partial charge in [-0.3, -0.25) is 10.1 Å². The van der Waals surface area contributed by atoms with E-state index >= 15 is 0 Å². The lowest BCUT2D eigenvalue weighted by atomic mass is 10.1. The third-order valence-corrected chi connectivity index (χ3v) is 3.19. The smallest absolute Gasteiger partial charge is 0.275 e. The molecule has 1 rings (SSSR count). The molecular formula is C15H24N2O3. The van der Waals surface area contributed by atoms with Crippen molar-refractivity contribution in [1.82, 2.24) is 0 Å². The highest BCUT2D eigenvalue weighted by atomic mass is 16.6. The third kappa shape index (κ3) is 5.47. The second kappa shape index (κ2) is 8.40. The number of nitrogens with zero attached hydrogens (tertiary/aromatic N) is 1. The molecule has 0 aliphatic heterocycles. The van der Waals surface area contributed by atoms with Crippen molar-refractivity contribution in [2.75, 3.05) is 12.4 Å². The van der Waals surface area contributed by atoms with Gasteiger partial charge in [-0.15, -0.1) is 0 Å². The van der Waals surface area contributed by atoms with E-state index < -0.39 is 4.92 Å². The zero-order valence-corrected chi connectivity index (χ0v) is 12.5. The van der Waals surface area contributed by atoms with Gasteiger partial charge in [0.05, 0.1) is 17.1 Å². The summed E-state index contributed by atoms with van der Waals surface area (Å²) >= 11 is 0. The molecule has 0 bridgehead atoms. The Morgan fingerprint density at radius 1 is 1.30 bits per heavy atom. The lowest BCUT2D eigenvalue weighted by Gasteiger charge is -2.15. The molecule has 0 aliphatic rings. The summed E-state index contributed by atoms with van der Waals surface area (Å²) in [6.07, 6.45) is 5.83. The van der Waals surface area contributed by atoms with Gasteiger partial charge in [-0.1, -0.05) is 26.2 Å². The summed E-state index contributed by atoms with van der Waals surface area (Å²) < 4.78 is 5.78. The fraction of sp³-hybridized carbons (Fsp3) is 0.600. The predicted octanol–water partition coefficient (Wildman–Crippen LogP) is 4.37. The van der Waals surface area contributed by atoms with Gasteiger partial charge in [0.15, 0.2) is 0 Å². The topological polar surface area (TPSA) is 64.4 Å². The van der Waals surface area contributed by atoms with Crippen LogP contribution in [-0.4, -0.2) is 18.1 Å². The minimum atomic E-state index is -0.403. The Kier molecular flexibility index (Phi) is 6.84. The van der Waals surface area contributed by atoms with Crippen LogP contribution in [0.25, 0.3) is 0 Å². The molecule has 0 fully saturated rings. The van der Waals surface area contributed by atoms with Gasteiger partial charge in [0, 0.05) is 24.9 Å². The van der Waals surface area contributed by atoms with Crippen molar-refractivity contribution >= 4 is 11.4 Å². The summed E-state index contributed by atoms with van der Waals surface area (Å²) in [6.45, 7) is 4.19. The molecule has 5 nitrogen and oxygen atoms in total. The number of nitrogens with one attached hydrogen (secondary N) is 1. The number of hydrogen-bond donors (Lipinski definition) is 1. The van der Waals surface area contributed by atoms with E-state index in [1.807, 2.05) is 6.92 Å². The minimum absolute atomic E-state index is 0.0463. The van der Waals surface area contributed by atoms with Crippen molar-refractivity contribution in [3.8, 4) is 5.75 Å². The number of benzene rings is 1. The van der Waals surface area contributed by atoms with Crippen LogP contribution in [0.5, 0.6) is 5.75 Å². The van der Waals surface area contributed by atoms with Gasteiger partial charge in [-0.05, 0) is 19.8 Å². The Hall–Kier alpha value is -1.78. The van der Waals surface area contributed by atoms with E-state index in [1.165, 1.54) is 31.4 Å². The van der Waals surface area contributed by atoms with Crippen LogP contribution in [0.3, 0.4) is 0 Å². The summed E-state index contributed by atoms with van der Waals surface area (Å²) in [5, 5.41) is 13.8. The van der Waals surface area contributed by atoms with Crippen molar-refractivity contribution in [3.63, 3.8) is 0 Å². The highest BCUT2D eigenvalue weighted by Crippen LogP contribution is 2.27. The first kappa shape index (κ1) is 16.3. The maximum atomic E-state index is 10.9. The molecule has 1 N–H and O–H groups in total. The molecule has 1 aromatic rings. The van der Waals surface area contributed by atoms with E-state index in [0.29, 0.717) is 11.4 Å². The fourth-order valence-electron chi connectivity index (χ4n) is 2.05. The molecule has 5 heteroatoms. The van der Waals surface area contributed by atoms with Crippen molar-refractivity contribution in [3.05, 3.63) is 28.3 Å². The van der Waals surface area contributed by atoms with E-state index in [-0.39, 0.29) is 11.8 Å². The third-order valence-electron chi connectivity index (χ3n) is 3.19. The Balaban J connectivity index is 2.61. The molecule has 112 valence electrons. The van der Waals surface area contributed by atoms with Crippen molar-refractivity contribution in [2.45, 2.75) is 52.1 Å². The van der Waals surface area contributed by atoms with Gasteiger partial charge in [-0.2, -0.15) is 0 Å². The van der Waals surface area contributed by atoms with Crippen LogP contribution in [0, 0.1) is 10.1 Å². The van der Waals surface area contributed by atoms with Crippen LogP contribution >= 0.6 is 0 Å². The molecule has 0 aromatic heterocycles. The van der Waals surface area contributed by atoms with Crippen LogP contribution < -0.4 is 10.1 Å². The summed E-state index contributed by atoms with van der Waals surface area (Å²) in [4.78, 5) is 10.5. The molecule has 0 amide bonds. The molecule has 0 spiro atoms. The standard InChI is InChI=1S/C15H24N2O3/c1-4-5-6-7-8-12(2)20-15-10-13(16-3)9-14(11-15)17(18)19/h9-12,16H,4-8H2,1-3H3. The molecule has 20 heavy (non-hydrogen) atoms. The van der Waals surface area contributed by atoms with Crippen molar-refractivity contribution < 1.29 is 9.66 Å². The quantitative estimate of drug-likeness (QED) is 0.414. The largest absolute Gasteiger partial charge is 0.490 e. The van der Waals surface area contributed by atoms with E-state index in [2.05, 4.69) is 12.2 Å². The first-order valence-electron chi connectivity index (χ1n) is 7.20. The SMILES string of the molecule is CCCCCCC(C)Oc1cc(NC)cc([N+](=O)[O-])c1. The summed E-state index contributed by atoms with van der Waals surface area (Å²) in [5.74, 6) is 0.548. The highest BCUT2D eigenvalue weighted by molar-refractivity contribution is 5.56. The average molecular weight is 280 g/mol. The molecule has 0 aliphatic carbocycles. The number of rotatable bonds is 9. The molecule has 1 aromatic carbocycles. The van der Waals surface area contributed by atoms with Gasteiger partial charge in [0.2, 0.25) is 0 Å². The Morgan fingerprint density at radius 3 is 2.65 bits per heavy atom. The number of nitro groups is 1. The lowest BCUT2D eigenvalue weighted by Crippen LogP contribution is -2.11. The molecule has 1 atom stereocenters. The average Bonchev–Trinajstić information content (AvgIpc) is 2.43. The Labute approximate surface area is 120 Å². The zero-order valence-electron chi connectivity index (χ0n) is 12.5. The monoisotopic (exact) mass is 280 g/mol. The maximum absolute atomic E-state index is 10.9. The molecule has 0 heterocycles. The number of hydrogen-bond acceptors (Lipinski definition) is 4. The van der Waals surface area contributed by atoms with Crippen LogP contribution in [0.15, 0.2) is 18.2 Å². The normalized spacial score (nSPS) is 11.9. The van der Waals surface area contributed by atoms with E-state index in [1.54, 1.807) is 13.1 Å². The van der Waals surface area contributed by atoms with E-state index in [0.717, 1.165) is 12.8 Å². The molecular weight excluding hydrogens is 256 g/mol. The van der Waals surface area contributed by atoms with Gasteiger partial charge in [-0.25, -0.2) is 0 Å². The van der Waals surface area contributed by atoms with Crippen LogP contribution in [0.1, 0.15) is 46.0 Å². The second-order valence-corrected chi connectivity index (χ2v) is 5.00. The zero-order chi connectivity index (χ0) is 15.0. The van der Waals surface area contributed by atoms with Crippen molar-refractivity contribution in [2.24, 2.45) is 0 Å².